The number of methoxy groups -OCH3 is 1. The maximum atomic E-state index is 8.35. The summed E-state index contributed by atoms with van der Waals surface area (Å²) in [6.45, 7) is 3.28. The maximum Gasteiger partial charge on any atom is 0.121 e. The summed E-state index contributed by atoms with van der Waals surface area (Å²) in [6.07, 6.45) is 0.937. The van der Waals surface area contributed by atoms with Crippen LogP contribution in [0.1, 0.15) is 11.1 Å². The minimum atomic E-state index is 0.412. The average Bonchev–Trinajstić information content (AvgIpc) is 2.25. The highest BCUT2D eigenvalue weighted by Crippen LogP contribution is 2.18. The molecule has 1 aromatic rings. The van der Waals surface area contributed by atoms with Crippen LogP contribution >= 0.6 is 0 Å². The Balaban J connectivity index is 2.49. The standard InChI is InChI=1S/C12H16N2O/c1-10-9-11(3-4-12(10)15-2)5-7-14-8-6-13/h3-4,9,14H,5,7-8H2,1-2H3. The van der Waals surface area contributed by atoms with E-state index in [9.17, 15) is 0 Å². The zero-order valence-corrected chi connectivity index (χ0v) is 9.21. The van der Waals surface area contributed by atoms with Crippen LogP contribution < -0.4 is 10.1 Å². The largest absolute Gasteiger partial charge is 0.496 e. The second kappa shape index (κ2) is 6.05. The number of ether oxygens (including phenoxy) is 1. The number of rotatable bonds is 5. The van der Waals surface area contributed by atoms with Crippen molar-refractivity contribution in [3.63, 3.8) is 0 Å². The van der Waals surface area contributed by atoms with E-state index in [-0.39, 0.29) is 0 Å². The first kappa shape index (κ1) is 11.5. The molecular formula is C12H16N2O. The Morgan fingerprint density at radius 2 is 2.27 bits per heavy atom. The van der Waals surface area contributed by atoms with E-state index in [0.29, 0.717) is 6.54 Å². The van der Waals surface area contributed by atoms with Crippen LogP contribution in [0.4, 0.5) is 0 Å². The average molecular weight is 204 g/mol. The van der Waals surface area contributed by atoms with Crippen LogP contribution in [0.2, 0.25) is 0 Å². The normalized spacial score (nSPS) is 9.67. The summed E-state index contributed by atoms with van der Waals surface area (Å²) in [5.41, 5.74) is 2.41. The Morgan fingerprint density at radius 3 is 2.87 bits per heavy atom. The lowest BCUT2D eigenvalue weighted by molar-refractivity contribution is 0.411. The van der Waals surface area contributed by atoms with Crippen molar-refractivity contribution in [3.05, 3.63) is 29.3 Å². The molecule has 0 saturated carbocycles. The summed E-state index contributed by atoms with van der Waals surface area (Å²) in [5.74, 6) is 0.920. The van der Waals surface area contributed by atoms with E-state index in [2.05, 4.69) is 23.5 Å². The Morgan fingerprint density at radius 1 is 1.47 bits per heavy atom. The molecule has 0 radical (unpaired) electrons. The van der Waals surface area contributed by atoms with Gasteiger partial charge in [-0.1, -0.05) is 12.1 Å². The van der Waals surface area contributed by atoms with Crippen LogP contribution in [0.3, 0.4) is 0 Å². The molecule has 1 aromatic carbocycles. The molecule has 0 saturated heterocycles. The van der Waals surface area contributed by atoms with Gasteiger partial charge in [0.1, 0.15) is 5.75 Å². The van der Waals surface area contributed by atoms with Crippen LogP contribution in [-0.2, 0) is 6.42 Å². The molecule has 0 fully saturated rings. The van der Waals surface area contributed by atoms with Crippen molar-refractivity contribution >= 4 is 0 Å². The molecule has 0 unspecified atom stereocenters. The van der Waals surface area contributed by atoms with Gasteiger partial charge in [-0.3, -0.25) is 0 Å². The molecule has 0 spiro atoms. The van der Waals surface area contributed by atoms with Crippen molar-refractivity contribution in [3.8, 4) is 11.8 Å². The van der Waals surface area contributed by atoms with Gasteiger partial charge in [-0.25, -0.2) is 0 Å². The molecule has 3 nitrogen and oxygen atoms in total. The van der Waals surface area contributed by atoms with E-state index in [0.717, 1.165) is 24.3 Å². The fraction of sp³-hybridized carbons (Fsp3) is 0.417. The van der Waals surface area contributed by atoms with Crippen LogP contribution in [0.5, 0.6) is 5.75 Å². The van der Waals surface area contributed by atoms with Gasteiger partial charge in [-0.2, -0.15) is 5.26 Å². The minimum absolute atomic E-state index is 0.412. The monoisotopic (exact) mass is 204 g/mol. The van der Waals surface area contributed by atoms with E-state index in [1.807, 2.05) is 13.0 Å². The highest BCUT2D eigenvalue weighted by atomic mass is 16.5. The highest BCUT2D eigenvalue weighted by molar-refractivity contribution is 5.36. The first-order chi connectivity index (χ1) is 7.27. The minimum Gasteiger partial charge on any atom is -0.496 e. The number of aryl methyl sites for hydroxylation is 1. The number of nitrogens with one attached hydrogen (secondary N) is 1. The van der Waals surface area contributed by atoms with Crippen molar-refractivity contribution in [2.24, 2.45) is 0 Å². The van der Waals surface area contributed by atoms with E-state index >= 15 is 0 Å². The third-order valence-electron chi connectivity index (χ3n) is 2.25. The lowest BCUT2D eigenvalue weighted by atomic mass is 10.1. The van der Waals surface area contributed by atoms with Crippen LogP contribution in [0.25, 0.3) is 0 Å². The molecule has 0 atom stereocenters. The van der Waals surface area contributed by atoms with Crippen molar-refractivity contribution < 1.29 is 4.74 Å². The Hall–Kier alpha value is -1.53. The third kappa shape index (κ3) is 3.61. The Labute approximate surface area is 90.7 Å². The van der Waals surface area contributed by atoms with Crippen molar-refractivity contribution in [1.82, 2.24) is 5.32 Å². The van der Waals surface area contributed by atoms with Gasteiger partial charge in [0.2, 0.25) is 0 Å². The smallest absolute Gasteiger partial charge is 0.121 e. The highest BCUT2D eigenvalue weighted by Gasteiger charge is 1.99. The van der Waals surface area contributed by atoms with Crippen molar-refractivity contribution in [2.75, 3.05) is 20.2 Å². The van der Waals surface area contributed by atoms with Gasteiger partial charge in [0.05, 0.1) is 19.7 Å². The molecule has 0 amide bonds. The summed E-state index contributed by atoms with van der Waals surface area (Å²) in [5, 5.41) is 11.4. The van der Waals surface area contributed by atoms with Gasteiger partial charge in [0.15, 0.2) is 0 Å². The van der Waals surface area contributed by atoms with Crippen LogP contribution in [-0.4, -0.2) is 20.2 Å². The van der Waals surface area contributed by atoms with Crippen molar-refractivity contribution in [2.45, 2.75) is 13.3 Å². The molecule has 3 heteroatoms. The number of nitrogens with zero attached hydrogens (tertiary/aromatic N) is 1. The zero-order chi connectivity index (χ0) is 11.1. The first-order valence-corrected chi connectivity index (χ1v) is 4.99. The Bertz CT molecular complexity index is 355. The summed E-state index contributed by atoms with van der Waals surface area (Å²) in [6, 6.07) is 8.21. The molecular weight excluding hydrogens is 188 g/mol. The molecule has 1 N–H and O–H groups in total. The molecule has 0 bridgehead atoms. The fourth-order valence-corrected chi connectivity index (χ4v) is 1.47. The second-order valence-corrected chi connectivity index (χ2v) is 3.39. The molecule has 0 heterocycles. The van der Waals surface area contributed by atoms with E-state index < -0.39 is 0 Å². The topological polar surface area (TPSA) is 45.0 Å². The summed E-state index contributed by atoms with van der Waals surface area (Å²) in [7, 11) is 1.68. The number of hydrogen-bond donors (Lipinski definition) is 1. The van der Waals surface area contributed by atoms with E-state index in [4.69, 9.17) is 10.00 Å². The van der Waals surface area contributed by atoms with Gasteiger partial charge < -0.3 is 10.1 Å². The predicted molar refractivity (Wildman–Crippen MR) is 59.9 cm³/mol. The molecule has 15 heavy (non-hydrogen) atoms. The Kier molecular flexibility index (Phi) is 4.65. The fourth-order valence-electron chi connectivity index (χ4n) is 1.47. The number of hydrogen-bond acceptors (Lipinski definition) is 3. The summed E-state index contributed by atoms with van der Waals surface area (Å²) in [4.78, 5) is 0. The number of nitriles is 1. The molecule has 0 aliphatic rings. The van der Waals surface area contributed by atoms with Gasteiger partial charge in [-0.15, -0.1) is 0 Å². The molecule has 0 aliphatic heterocycles. The summed E-state index contributed by atoms with van der Waals surface area (Å²) < 4.78 is 5.18. The number of benzene rings is 1. The zero-order valence-electron chi connectivity index (χ0n) is 9.21. The van der Waals surface area contributed by atoms with Gasteiger partial charge in [0, 0.05) is 6.54 Å². The van der Waals surface area contributed by atoms with Crippen molar-refractivity contribution in [1.29, 1.82) is 5.26 Å². The SMILES string of the molecule is COc1ccc(CCNCC#N)cc1C. The molecule has 0 aromatic heterocycles. The van der Waals surface area contributed by atoms with Crippen LogP contribution in [0, 0.1) is 18.3 Å². The second-order valence-electron chi connectivity index (χ2n) is 3.39. The molecule has 0 aliphatic carbocycles. The van der Waals surface area contributed by atoms with Gasteiger partial charge in [-0.05, 0) is 30.5 Å². The molecule has 1 rings (SSSR count). The van der Waals surface area contributed by atoms with Gasteiger partial charge in [0.25, 0.3) is 0 Å². The lowest BCUT2D eigenvalue weighted by Gasteiger charge is -2.07. The predicted octanol–water partition coefficient (Wildman–Crippen LogP) is 1.66. The quantitative estimate of drug-likeness (QED) is 0.586. The van der Waals surface area contributed by atoms with Crippen LogP contribution in [0.15, 0.2) is 18.2 Å². The van der Waals surface area contributed by atoms with Gasteiger partial charge >= 0.3 is 0 Å². The molecule has 80 valence electrons. The summed E-state index contributed by atoms with van der Waals surface area (Å²) >= 11 is 0. The third-order valence-corrected chi connectivity index (χ3v) is 2.25. The lowest BCUT2D eigenvalue weighted by Crippen LogP contribution is -2.17. The first-order valence-electron chi connectivity index (χ1n) is 4.99. The van der Waals surface area contributed by atoms with E-state index in [1.54, 1.807) is 7.11 Å². The maximum absolute atomic E-state index is 8.35. The van der Waals surface area contributed by atoms with E-state index in [1.165, 1.54) is 5.56 Å².